The number of aliphatic hydroxyl groups excluding tert-OH is 1. The second kappa shape index (κ2) is 8.05. The second-order valence-electron chi connectivity index (χ2n) is 7.02. The van der Waals surface area contributed by atoms with Gasteiger partial charge in [0.2, 0.25) is 0 Å². The molecule has 32 heavy (non-hydrogen) atoms. The lowest BCUT2D eigenvalue weighted by Gasteiger charge is -2.21. The van der Waals surface area contributed by atoms with Crippen LogP contribution >= 0.6 is 34.3 Å². The molecular formula is C23H15ClN2O4S2. The van der Waals surface area contributed by atoms with Crippen LogP contribution in [0.2, 0.25) is 5.02 Å². The van der Waals surface area contributed by atoms with Crippen LogP contribution in [0, 0.1) is 0 Å². The normalized spacial score (nSPS) is 17.9. The fourth-order valence-corrected chi connectivity index (χ4v) is 5.75. The molecule has 0 spiro atoms. The highest BCUT2D eigenvalue weighted by molar-refractivity contribution is 7.22. The van der Waals surface area contributed by atoms with Crippen molar-refractivity contribution < 1.29 is 19.4 Å². The van der Waals surface area contributed by atoms with Crippen molar-refractivity contribution in [3.8, 4) is 5.75 Å². The molecule has 1 saturated heterocycles. The van der Waals surface area contributed by atoms with E-state index in [1.165, 1.54) is 34.7 Å². The molecule has 1 atom stereocenters. The van der Waals surface area contributed by atoms with Gasteiger partial charge in [-0.1, -0.05) is 41.1 Å². The minimum atomic E-state index is -0.794. The molecule has 9 heteroatoms. The number of fused-ring (bicyclic) bond motifs is 1. The van der Waals surface area contributed by atoms with Crippen LogP contribution in [0.25, 0.3) is 16.0 Å². The summed E-state index contributed by atoms with van der Waals surface area (Å²) in [4.78, 5) is 33.0. The summed E-state index contributed by atoms with van der Waals surface area (Å²) in [7, 11) is 1.52. The zero-order valence-electron chi connectivity index (χ0n) is 16.6. The SMILES string of the molecule is COc1cccc(C(O)=C2C(=O)C(=O)N(c3nc4ccc(Cl)cc4s3)C2c2cccs2)c1. The Morgan fingerprint density at radius 3 is 2.75 bits per heavy atom. The third kappa shape index (κ3) is 3.37. The number of carbonyl (C=O) groups is 2. The van der Waals surface area contributed by atoms with Crippen LogP contribution in [-0.4, -0.2) is 28.9 Å². The van der Waals surface area contributed by atoms with E-state index < -0.39 is 17.7 Å². The molecule has 4 aromatic rings. The molecule has 2 aromatic heterocycles. The highest BCUT2D eigenvalue weighted by Gasteiger charge is 2.48. The smallest absolute Gasteiger partial charge is 0.301 e. The Morgan fingerprint density at radius 2 is 2.00 bits per heavy atom. The number of amides is 1. The number of thiazole rings is 1. The molecule has 1 amide bonds. The molecule has 1 fully saturated rings. The maximum atomic E-state index is 13.2. The highest BCUT2D eigenvalue weighted by Crippen LogP contribution is 2.45. The minimum Gasteiger partial charge on any atom is -0.507 e. The Labute approximate surface area is 196 Å². The van der Waals surface area contributed by atoms with E-state index in [1.807, 2.05) is 17.5 Å². The summed E-state index contributed by atoms with van der Waals surface area (Å²) in [5.74, 6) is -1.23. The molecule has 1 aliphatic heterocycles. The lowest BCUT2D eigenvalue weighted by molar-refractivity contribution is -0.132. The van der Waals surface area contributed by atoms with E-state index in [9.17, 15) is 14.7 Å². The van der Waals surface area contributed by atoms with Crippen molar-refractivity contribution in [2.45, 2.75) is 6.04 Å². The molecule has 2 aromatic carbocycles. The molecule has 0 radical (unpaired) electrons. The number of hydrogen-bond donors (Lipinski definition) is 1. The number of ether oxygens (including phenoxy) is 1. The van der Waals surface area contributed by atoms with Crippen molar-refractivity contribution >= 4 is 67.1 Å². The van der Waals surface area contributed by atoms with Gasteiger partial charge < -0.3 is 9.84 Å². The molecule has 3 heterocycles. The van der Waals surface area contributed by atoms with Crippen molar-refractivity contribution in [2.24, 2.45) is 0 Å². The topological polar surface area (TPSA) is 79.7 Å². The number of anilines is 1. The molecule has 1 N–H and O–H groups in total. The quantitative estimate of drug-likeness (QED) is 0.231. The van der Waals surface area contributed by atoms with Crippen LogP contribution in [-0.2, 0) is 9.59 Å². The largest absolute Gasteiger partial charge is 0.507 e. The van der Waals surface area contributed by atoms with Crippen LogP contribution in [0.1, 0.15) is 16.5 Å². The molecule has 6 nitrogen and oxygen atoms in total. The van der Waals surface area contributed by atoms with Crippen molar-refractivity contribution in [2.75, 3.05) is 12.0 Å². The molecule has 5 rings (SSSR count). The van der Waals surface area contributed by atoms with Crippen molar-refractivity contribution in [1.29, 1.82) is 0 Å². The summed E-state index contributed by atoms with van der Waals surface area (Å²) >= 11 is 8.77. The highest BCUT2D eigenvalue weighted by atomic mass is 35.5. The summed E-state index contributed by atoms with van der Waals surface area (Å²) in [6.07, 6.45) is 0. The number of hydrogen-bond acceptors (Lipinski definition) is 7. The zero-order valence-corrected chi connectivity index (χ0v) is 19.0. The van der Waals surface area contributed by atoms with Crippen molar-refractivity contribution in [3.63, 3.8) is 0 Å². The van der Waals surface area contributed by atoms with Crippen LogP contribution in [0.15, 0.2) is 65.6 Å². The summed E-state index contributed by atoms with van der Waals surface area (Å²) in [6, 6.07) is 14.9. The number of rotatable bonds is 4. The first-order valence-corrected chi connectivity index (χ1v) is 11.6. The van der Waals surface area contributed by atoms with Crippen LogP contribution in [0.4, 0.5) is 5.13 Å². The van der Waals surface area contributed by atoms with E-state index in [0.29, 0.717) is 27.0 Å². The van der Waals surface area contributed by atoms with E-state index in [4.69, 9.17) is 16.3 Å². The average Bonchev–Trinajstić information content (AvgIpc) is 3.52. The average molecular weight is 483 g/mol. The minimum absolute atomic E-state index is 0.0167. The molecule has 0 saturated carbocycles. The zero-order chi connectivity index (χ0) is 22.4. The Hall–Kier alpha value is -3.20. The Bertz CT molecular complexity index is 1390. The van der Waals surface area contributed by atoms with Gasteiger partial charge in [-0.05, 0) is 41.8 Å². The predicted octanol–water partition coefficient (Wildman–Crippen LogP) is 5.65. The van der Waals surface area contributed by atoms with E-state index in [0.717, 1.165) is 9.58 Å². The molecule has 0 aliphatic carbocycles. The summed E-state index contributed by atoms with van der Waals surface area (Å²) in [5.41, 5.74) is 1.08. The van der Waals surface area contributed by atoms with E-state index in [2.05, 4.69) is 4.98 Å². The molecule has 160 valence electrons. The van der Waals surface area contributed by atoms with Gasteiger partial charge in [0, 0.05) is 15.5 Å². The van der Waals surface area contributed by atoms with Gasteiger partial charge in [0.15, 0.2) is 5.13 Å². The first-order chi connectivity index (χ1) is 15.5. The lowest BCUT2D eigenvalue weighted by Crippen LogP contribution is -2.28. The fraction of sp³-hybridized carbons (Fsp3) is 0.0870. The van der Waals surface area contributed by atoms with Crippen molar-refractivity contribution in [1.82, 2.24) is 4.98 Å². The maximum absolute atomic E-state index is 13.2. The van der Waals surface area contributed by atoms with E-state index >= 15 is 0 Å². The summed E-state index contributed by atoms with van der Waals surface area (Å²) in [5, 5.41) is 13.9. The van der Waals surface area contributed by atoms with Gasteiger partial charge in [-0.15, -0.1) is 11.3 Å². The number of thiophene rings is 1. The van der Waals surface area contributed by atoms with Gasteiger partial charge >= 0.3 is 5.91 Å². The molecule has 1 unspecified atom stereocenters. The van der Waals surface area contributed by atoms with Crippen LogP contribution < -0.4 is 9.64 Å². The number of ketones is 1. The molecule has 0 bridgehead atoms. The lowest BCUT2D eigenvalue weighted by atomic mass is 10.00. The Balaban J connectivity index is 1.71. The number of nitrogens with zero attached hydrogens (tertiary/aromatic N) is 2. The van der Waals surface area contributed by atoms with Gasteiger partial charge in [0.05, 0.1) is 22.9 Å². The standard InChI is InChI=1S/C23H15ClN2O4S2/c1-30-14-5-2-4-12(10-14)20(27)18-19(16-6-3-9-31-16)26(22(29)21(18)28)23-25-15-8-7-13(24)11-17(15)32-23/h2-11,19,27H,1H3. The Morgan fingerprint density at radius 1 is 1.16 bits per heavy atom. The molecular weight excluding hydrogens is 468 g/mol. The van der Waals surface area contributed by atoms with Gasteiger partial charge in [0.25, 0.3) is 5.78 Å². The van der Waals surface area contributed by atoms with E-state index in [-0.39, 0.29) is 11.3 Å². The van der Waals surface area contributed by atoms with E-state index in [1.54, 1.807) is 42.5 Å². The van der Waals surface area contributed by atoms with Gasteiger partial charge in [0.1, 0.15) is 17.6 Å². The predicted molar refractivity (Wildman–Crippen MR) is 127 cm³/mol. The van der Waals surface area contributed by atoms with Gasteiger partial charge in [-0.25, -0.2) is 4.98 Å². The fourth-order valence-electron chi connectivity index (χ4n) is 3.66. The second-order valence-corrected chi connectivity index (χ2v) is 9.45. The number of aliphatic hydroxyl groups is 1. The number of aromatic nitrogens is 1. The third-order valence-corrected chi connectivity index (χ3v) is 7.32. The number of Topliss-reactive ketones (excluding diaryl/α,β-unsaturated/α-hetero) is 1. The molecule has 1 aliphatic rings. The maximum Gasteiger partial charge on any atom is 0.301 e. The Kier molecular flexibility index (Phi) is 5.21. The first kappa shape index (κ1) is 20.7. The first-order valence-electron chi connectivity index (χ1n) is 9.53. The number of methoxy groups -OCH3 is 1. The van der Waals surface area contributed by atoms with Crippen molar-refractivity contribution in [3.05, 3.63) is 81.0 Å². The monoisotopic (exact) mass is 482 g/mol. The summed E-state index contributed by atoms with van der Waals surface area (Å²) < 4.78 is 6.03. The van der Waals surface area contributed by atoms with Crippen LogP contribution in [0.5, 0.6) is 5.75 Å². The number of halogens is 1. The number of carbonyl (C=O) groups excluding carboxylic acids is 2. The number of benzene rings is 2. The third-order valence-electron chi connectivity index (χ3n) is 5.15. The van der Waals surface area contributed by atoms with Gasteiger partial charge in [-0.2, -0.15) is 0 Å². The summed E-state index contributed by atoms with van der Waals surface area (Å²) in [6.45, 7) is 0. The van der Waals surface area contributed by atoms with Crippen LogP contribution in [0.3, 0.4) is 0 Å². The van der Waals surface area contributed by atoms with Gasteiger partial charge in [-0.3, -0.25) is 14.5 Å².